The Morgan fingerprint density at radius 3 is 2.53 bits per heavy atom. The zero-order chi connectivity index (χ0) is 21.3. The number of benzene rings is 2. The molecule has 0 radical (unpaired) electrons. The molecule has 4 rings (SSSR count). The van der Waals surface area contributed by atoms with Crippen molar-refractivity contribution >= 4 is 33.4 Å². The summed E-state index contributed by atoms with van der Waals surface area (Å²) in [5.41, 5.74) is 2.21. The lowest BCUT2D eigenvalue weighted by Crippen LogP contribution is -2.29. The fraction of sp³-hybridized carbons (Fsp3) is 0.136. The molecule has 0 saturated carbocycles. The van der Waals surface area contributed by atoms with Crippen LogP contribution in [0.3, 0.4) is 0 Å². The minimum absolute atomic E-state index is 0.306. The summed E-state index contributed by atoms with van der Waals surface area (Å²) in [5, 5.41) is 17.4. The third-order valence-electron chi connectivity index (χ3n) is 4.73. The molecule has 1 unspecified atom stereocenters. The number of hydrogen-bond donors (Lipinski definition) is 2. The molecule has 152 valence electrons. The van der Waals surface area contributed by atoms with E-state index in [4.69, 9.17) is 0 Å². The first kappa shape index (κ1) is 19.8. The molecule has 2 N–H and O–H groups in total. The number of aliphatic carboxylic acids is 1. The molecule has 2 aromatic carbocycles. The Balaban J connectivity index is 1.65. The lowest BCUT2D eigenvalue weighted by atomic mass is 10.0. The molecule has 1 amide bonds. The van der Waals surface area contributed by atoms with Gasteiger partial charge in [-0.15, -0.1) is 11.3 Å². The van der Waals surface area contributed by atoms with Crippen molar-refractivity contribution in [2.75, 3.05) is 0 Å². The number of carboxylic acid groups (broad SMARTS) is 1. The summed E-state index contributed by atoms with van der Waals surface area (Å²) in [6, 6.07) is 16.1. The number of carbonyl (C=O) groups is 2. The van der Waals surface area contributed by atoms with Crippen molar-refractivity contribution < 1.29 is 19.1 Å². The van der Waals surface area contributed by atoms with Gasteiger partial charge in [-0.2, -0.15) is 5.10 Å². The zero-order valence-electron chi connectivity index (χ0n) is 16.0. The number of fused-ring (bicyclic) bond motifs is 1. The van der Waals surface area contributed by atoms with Crippen molar-refractivity contribution in [2.45, 2.75) is 19.4 Å². The number of carboxylic acids is 1. The second-order valence-electron chi connectivity index (χ2n) is 6.84. The number of nitrogens with zero attached hydrogens (tertiary/aromatic N) is 2. The van der Waals surface area contributed by atoms with Crippen LogP contribution in [0.2, 0.25) is 0 Å². The zero-order valence-corrected chi connectivity index (χ0v) is 16.8. The summed E-state index contributed by atoms with van der Waals surface area (Å²) in [7, 11) is 0. The normalized spacial score (nSPS) is 12.1. The Hall–Kier alpha value is -3.52. The Bertz CT molecular complexity index is 1220. The summed E-state index contributed by atoms with van der Waals surface area (Å²) < 4.78 is 15.0. The first-order valence-electron chi connectivity index (χ1n) is 9.25. The number of rotatable bonds is 6. The van der Waals surface area contributed by atoms with Crippen molar-refractivity contribution in [3.8, 4) is 5.69 Å². The Kier molecular flexibility index (Phi) is 5.33. The van der Waals surface area contributed by atoms with Crippen LogP contribution < -0.4 is 5.32 Å². The molecule has 0 aliphatic heterocycles. The molecule has 4 aromatic rings. The molecule has 6 nitrogen and oxygen atoms in total. The molecule has 0 saturated heterocycles. The summed E-state index contributed by atoms with van der Waals surface area (Å²) in [4.78, 5) is 25.5. The van der Waals surface area contributed by atoms with Crippen LogP contribution in [0.15, 0.2) is 60.7 Å². The molecule has 8 heteroatoms. The smallest absolute Gasteiger partial charge is 0.305 e. The molecule has 1 atom stereocenters. The third-order valence-corrected chi connectivity index (χ3v) is 5.83. The third kappa shape index (κ3) is 3.95. The largest absolute Gasteiger partial charge is 0.481 e. The molecule has 0 fully saturated rings. The molecular formula is C22H18FN3O3S. The molecular weight excluding hydrogens is 405 g/mol. The predicted octanol–water partition coefficient (Wildman–Crippen LogP) is 4.48. The number of halogens is 1. The van der Waals surface area contributed by atoms with Gasteiger partial charge in [0.15, 0.2) is 0 Å². The maximum atomic E-state index is 13.2. The van der Waals surface area contributed by atoms with Gasteiger partial charge in [0, 0.05) is 5.39 Å². The molecule has 2 heterocycles. The summed E-state index contributed by atoms with van der Waals surface area (Å²) >= 11 is 1.29. The Morgan fingerprint density at radius 2 is 1.87 bits per heavy atom. The van der Waals surface area contributed by atoms with E-state index in [0.717, 1.165) is 21.6 Å². The van der Waals surface area contributed by atoms with E-state index < -0.39 is 17.8 Å². The number of aromatic nitrogens is 2. The van der Waals surface area contributed by atoms with Crippen LogP contribution in [0.25, 0.3) is 15.9 Å². The maximum absolute atomic E-state index is 13.2. The van der Waals surface area contributed by atoms with Gasteiger partial charge in [0.25, 0.3) is 5.91 Å². The monoisotopic (exact) mass is 423 g/mol. The van der Waals surface area contributed by atoms with Crippen molar-refractivity contribution in [3.63, 3.8) is 0 Å². The fourth-order valence-corrected chi connectivity index (χ4v) is 4.34. The molecule has 0 bridgehead atoms. The van der Waals surface area contributed by atoms with Gasteiger partial charge in [-0.05, 0) is 42.8 Å². The average molecular weight is 423 g/mol. The number of thiophene rings is 1. The quantitative estimate of drug-likeness (QED) is 0.479. The van der Waals surface area contributed by atoms with Crippen LogP contribution in [0.1, 0.15) is 33.4 Å². The van der Waals surface area contributed by atoms with Crippen LogP contribution in [0.5, 0.6) is 0 Å². The number of amides is 1. The van der Waals surface area contributed by atoms with Crippen LogP contribution in [0, 0.1) is 12.7 Å². The highest BCUT2D eigenvalue weighted by Gasteiger charge is 2.22. The topological polar surface area (TPSA) is 84.2 Å². The van der Waals surface area contributed by atoms with Crippen molar-refractivity contribution in [2.24, 2.45) is 0 Å². The van der Waals surface area contributed by atoms with Gasteiger partial charge in [0.1, 0.15) is 10.6 Å². The Labute approximate surface area is 175 Å². The number of carbonyl (C=O) groups excluding carboxylic acids is 1. The minimum Gasteiger partial charge on any atom is -0.481 e. The fourth-order valence-electron chi connectivity index (χ4n) is 3.25. The van der Waals surface area contributed by atoms with E-state index in [1.165, 1.54) is 35.6 Å². The lowest BCUT2D eigenvalue weighted by Gasteiger charge is -2.17. The van der Waals surface area contributed by atoms with Gasteiger partial charge in [-0.25, -0.2) is 9.07 Å². The van der Waals surface area contributed by atoms with Gasteiger partial charge in [-0.3, -0.25) is 9.59 Å². The second-order valence-corrected chi connectivity index (χ2v) is 7.87. The van der Waals surface area contributed by atoms with Gasteiger partial charge >= 0.3 is 5.97 Å². The predicted molar refractivity (Wildman–Crippen MR) is 113 cm³/mol. The van der Waals surface area contributed by atoms with Crippen LogP contribution >= 0.6 is 11.3 Å². The number of aryl methyl sites for hydroxylation is 1. The standard InChI is InChI=1S/C22H18FN3O3S/c1-13-17-11-19(30-22(17)26(25-13)16-5-3-2-4-6-16)21(29)24-18(12-20(27)28)14-7-9-15(23)10-8-14/h2-11,18H,12H2,1H3,(H,24,29)(H,27,28). The van der Waals surface area contributed by atoms with E-state index in [2.05, 4.69) is 10.4 Å². The number of hydrogen-bond acceptors (Lipinski definition) is 4. The van der Waals surface area contributed by atoms with Crippen molar-refractivity contribution in [1.29, 1.82) is 0 Å². The number of para-hydroxylation sites is 1. The van der Waals surface area contributed by atoms with E-state index in [9.17, 15) is 19.1 Å². The summed E-state index contributed by atoms with van der Waals surface area (Å²) in [6.07, 6.45) is -0.306. The van der Waals surface area contributed by atoms with Crippen molar-refractivity contribution in [3.05, 3.63) is 82.6 Å². The van der Waals surface area contributed by atoms with Gasteiger partial charge in [0.2, 0.25) is 0 Å². The highest BCUT2D eigenvalue weighted by Crippen LogP contribution is 2.31. The molecule has 0 aliphatic carbocycles. The van der Waals surface area contributed by atoms with Crippen LogP contribution in [0.4, 0.5) is 4.39 Å². The van der Waals surface area contributed by atoms with E-state index in [1.54, 1.807) is 10.7 Å². The average Bonchev–Trinajstić information content (AvgIpc) is 3.29. The first-order chi connectivity index (χ1) is 14.4. The highest BCUT2D eigenvalue weighted by molar-refractivity contribution is 7.20. The SMILES string of the molecule is Cc1nn(-c2ccccc2)c2sc(C(=O)NC(CC(=O)O)c3ccc(F)cc3)cc12. The summed E-state index contributed by atoms with van der Waals surface area (Å²) in [5.74, 6) is -1.87. The molecule has 30 heavy (non-hydrogen) atoms. The van der Waals surface area contributed by atoms with E-state index in [-0.39, 0.29) is 12.3 Å². The van der Waals surface area contributed by atoms with Gasteiger partial charge < -0.3 is 10.4 Å². The second kappa shape index (κ2) is 8.08. The van der Waals surface area contributed by atoms with Crippen LogP contribution in [-0.4, -0.2) is 26.8 Å². The van der Waals surface area contributed by atoms with E-state index in [0.29, 0.717) is 10.4 Å². The van der Waals surface area contributed by atoms with Crippen molar-refractivity contribution in [1.82, 2.24) is 15.1 Å². The molecule has 2 aromatic heterocycles. The van der Waals surface area contributed by atoms with E-state index in [1.807, 2.05) is 37.3 Å². The highest BCUT2D eigenvalue weighted by atomic mass is 32.1. The first-order valence-corrected chi connectivity index (χ1v) is 10.1. The lowest BCUT2D eigenvalue weighted by molar-refractivity contribution is -0.137. The number of nitrogens with one attached hydrogen (secondary N) is 1. The van der Waals surface area contributed by atoms with Crippen LogP contribution in [-0.2, 0) is 4.79 Å². The van der Waals surface area contributed by atoms with Gasteiger partial charge in [0.05, 0.1) is 28.7 Å². The molecule has 0 aliphatic rings. The minimum atomic E-state index is -1.06. The summed E-state index contributed by atoms with van der Waals surface area (Å²) in [6.45, 7) is 1.88. The molecule has 0 spiro atoms. The Morgan fingerprint density at radius 1 is 1.17 bits per heavy atom. The van der Waals surface area contributed by atoms with E-state index >= 15 is 0 Å². The maximum Gasteiger partial charge on any atom is 0.305 e. The van der Waals surface area contributed by atoms with Gasteiger partial charge in [-0.1, -0.05) is 30.3 Å².